The molecule has 0 amide bonds. The number of halogens is 2. The minimum atomic E-state index is 0.0218. The third kappa shape index (κ3) is 11.0. The molecule has 0 heterocycles. The fourth-order valence-electron chi connectivity index (χ4n) is 2.66. The molecule has 0 N–H and O–H groups in total. The molecule has 35 heavy (non-hydrogen) atoms. The first-order chi connectivity index (χ1) is 16.9. The molecule has 0 aliphatic heterocycles. The van der Waals surface area contributed by atoms with Crippen LogP contribution in [0.4, 0.5) is 0 Å². The van der Waals surface area contributed by atoms with Crippen LogP contribution in [0.5, 0.6) is 0 Å². The predicted octanol–water partition coefficient (Wildman–Crippen LogP) is 8.50. The second kappa shape index (κ2) is 15.5. The smallest absolute Gasteiger partial charge is 0.185 e. The first-order valence-electron chi connectivity index (χ1n) is 10.7. The van der Waals surface area contributed by atoms with Gasteiger partial charge in [0, 0.05) is 25.6 Å². The Bertz CT molecular complexity index is 1230. The van der Waals surface area contributed by atoms with Gasteiger partial charge in [-0.1, -0.05) is 123 Å². The van der Waals surface area contributed by atoms with Crippen molar-refractivity contribution >= 4 is 55.8 Å². The molecule has 4 aromatic carbocycles. The standard InChI is InChI=1S/C15H11BrO.C8H8O.C7H5BrO/c16-14-9-6-12(7-10-14)8-11-15(17)13-4-2-1-3-5-13;1-7(9)8-5-3-2-4-6-8;8-7-3-1-6(5-9)2-4-7/h1-11H;2-6H,1H3;1-5H/b11-8+;;. The lowest BCUT2D eigenvalue weighted by atomic mass is 10.1. The Morgan fingerprint density at radius 3 is 1.43 bits per heavy atom. The molecule has 0 bridgehead atoms. The Hall–Kier alpha value is -3.41. The highest BCUT2D eigenvalue weighted by Crippen LogP contribution is 2.12. The van der Waals surface area contributed by atoms with Gasteiger partial charge >= 0.3 is 0 Å². The minimum absolute atomic E-state index is 0.0218. The maximum Gasteiger partial charge on any atom is 0.185 e. The number of carbonyl (C=O) groups excluding carboxylic acids is 3. The predicted molar refractivity (Wildman–Crippen MR) is 150 cm³/mol. The zero-order valence-corrected chi connectivity index (χ0v) is 22.3. The van der Waals surface area contributed by atoms with E-state index in [4.69, 9.17) is 0 Å². The summed E-state index contributed by atoms with van der Waals surface area (Å²) in [5, 5.41) is 0. The van der Waals surface area contributed by atoms with Gasteiger partial charge in [-0.25, -0.2) is 0 Å². The molecule has 0 radical (unpaired) electrons. The number of hydrogen-bond donors (Lipinski definition) is 0. The average molecular weight is 592 g/mol. The summed E-state index contributed by atoms with van der Waals surface area (Å²) in [6, 6.07) is 33.5. The van der Waals surface area contributed by atoms with E-state index in [1.165, 1.54) is 0 Å². The van der Waals surface area contributed by atoms with E-state index >= 15 is 0 Å². The average Bonchev–Trinajstić information content (AvgIpc) is 2.90. The second-order valence-corrected chi connectivity index (χ2v) is 9.04. The molecule has 4 rings (SSSR count). The maximum atomic E-state index is 11.8. The van der Waals surface area contributed by atoms with Gasteiger partial charge in [0.2, 0.25) is 0 Å². The highest BCUT2D eigenvalue weighted by molar-refractivity contribution is 9.10. The van der Waals surface area contributed by atoms with Gasteiger partial charge in [-0.3, -0.25) is 14.4 Å². The van der Waals surface area contributed by atoms with Gasteiger partial charge in [-0.15, -0.1) is 0 Å². The molecule has 4 aromatic rings. The Kier molecular flexibility index (Phi) is 12.3. The van der Waals surface area contributed by atoms with Gasteiger partial charge in [0.25, 0.3) is 0 Å². The molecule has 0 aliphatic carbocycles. The number of aldehydes is 1. The van der Waals surface area contributed by atoms with Crippen molar-refractivity contribution < 1.29 is 14.4 Å². The van der Waals surface area contributed by atoms with E-state index in [0.29, 0.717) is 11.1 Å². The largest absolute Gasteiger partial charge is 0.298 e. The van der Waals surface area contributed by atoms with E-state index in [0.717, 1.165) is 26.4 Å². The Balaban J connectivity index is 0.000000203. The monoisotopic (exact) mass is 590 g/mol. The van der Waals surface area contributed by atoms with E-state index in [9.17, 15) is 14.4 Å². The van der Waals surface area contributed by atoms with Gasteiger partial charge < -0.3 is 0 Å². The van der Waals surface area contributed by atoms with Crippen LogP contribution in [0.3, 0.4) is 0 Å². The summed E-state index contributed by atoms with van der Waals surface area (Å²) < 4.78 is 2.03. The van der Waals surface area contributed by atoms with Crippen LogP contribution in [0.2, 0.25) is 0 Å². The summed E-state index contributed by atoms with van der Waals surface area (Å²) in [7, 11) is 0. The van der Waals surface area contributed by atoms with Crippen LogP contribution >= 0.6 is 31.9 Å². The Morgan fingerprint density at radius 1 is 0.600 bits per heavy atom. The number of rotatable bonds is 5. The molecule has 0 saturated heterocycles. The fourth-order valence-corrected chi connectivity index (χ4v) is 3.19. The molecule has 3 nitrogen and oxygen atoms in total. The van der Waals surface area contributed by atoms with Crippen molar-refractivity contribution in [3.05, 3.63) is 146 Å². The van der Waals surface area contributed by atoms with E-state index in [1.807, 2.05) is 103 Å². The molecule has 0 fully saturated rings. The highest BCUT2D eigenvalue weighted by Gasteiger charge is 1.99. The summed E-state index contributed by atoms with van der Waals surface area (Å²) >= 11 is 6.63. The van der Waals surface area contributed by atoms with Crippen molar-refractivity contribution in [2.45, 2.75) is 6.92 Å². The molecule has 0 aliphatic rings. The van der Waals surface area contributed by atoms with Gasteiger partial charge in [0.15, 0.2) is 11.6 Å². The molecule has 0 atom stereocenters. The molecule has 0 unspecified atom stereocenters. The van der Waals surface area contributed by atoms with E-state index in [-0.39, 0.29) is 11.6 Å². The van der Waals surface area contributed by atoms with Crippen LogP contribution in [0.25, 0.3) is 6.08 Å². The quantitative estimate of drug-likeness (QED) is 0.133. The highest BCUT2D eigenvalue weighted by atomic mass is 79.9. The summed E-state index contributed by atoms with van der Waals surface area (Å²) in [4.78, 5) is 32.5. The first kappa shape index (κ1) is 27.8. The van der Waals surface area contributed by atoms with Gasteiger partial charge in [-0.05, 0) is 42.8 Å². The lowest BCUT2D eigenvalue weighted by Gasteiger charge is -1.95. The Morgan fingerprint density at radius 2 is 1.03 bits per heavy atom. The molecule has 176 valence electrons. The third-order valence-corrected chi connectivity index (χ3v) is 5.60. The molecule has 0 aromatic heterocycles. The summed E-state index contributed by atoms with van der Waals surface area (Å²) in [6.45, 7) is 1.56. The van der Waals surface area contributed by atoms with Crippen molar-refractivity contribution in [2.24, 2.45) is 0 Å². The lowest BCUT2D eigenvalue weighted by Crippen LogP contribution is -1.92. The minimum Gasteiger partial charge on any atom is -0.298 e. The van der Waals surface area contributed by atoms with E-state index in [1.54, 1.807) is 25.1 Å². The van der Waals surface area contributed by atoms with Crippen LogP contribution in [-0.2, 0) is 0 Å². The van der Waals surface area contributed by atoms with Crippen molar-refractivity contribution in [3.8, 4) is 0 Å². The van der Waals surface area contributed by atoms with Crippen molar-refractivity contribution in [2.75, 3.05) is 0 Å². The number of carbonyl (C=O) groups is 3. The van der Waals surface area contributed by atoms with Crippen LogP contribution in [0.15, 0.2) is 124 Å². The fraction of sp³-hybridized carbons (Fsp3) is 0.0333. The van der Waals surface area contributed by atoms with E-state index < -0.39 is 0 Å². The summed E-state index contributed by atoms with van der Waals surface area (Å²) in [6.07, 6.45) is 4.24. The van der Waals surface area contributed by atoms with Crippen LogP contribution in [0.1, 0.15) is 43.6 Å². The third-order valence-electron chi connectivity index (χ3n) is 4.54. The van der Waals surface area contributed by atoms with Gasteiger partial charge in [0.1, 0.15) is 6.29 Å². The van der Waals surface area contributed by atoms with Crippen molar-refractivity contribution in [3.63, 3.8) is 0 Å². The maximum absolute atomic E-state index is 11.8. The van der Waals surface area contributed by atoms with Crippen LogP contribution < -0.4 is 0 Å². The van der Waals surface area contributed by atoms with Gasteiger partial charge in [-0.2, -0.15) is 0 Å². The zero-order valence-electron chi connectivity index (χ0n) is 19.1. The molecule has 0 spiro atoms. The molecular weight excluding hydrogens is 568 g/mol. The number of hydrogen-bond acceptors (Lipinski definition) is 3. The molecule has 5 heteroatoms. The summed E-state index contributed by atoms with van der Waals surface area (Å²) in [5.41, 5.74) is 3.20. The molecule has 0 saturated carbocycles. The number of Topliss-reactive ketones (excluding diaryl/α,β-unsaturated/α-hetero) is 1. The summed E-state index contributed by atoms with van der Waals surface area (Å²) in [5.74, 6) is 0.143. The van der Waals surface area contributed by atoms with Crippen LogP contribution in [-0.4, -0.2) is 17.9 Å². The van der Waals surface area contributed by atoms with Crippen molar-refractivity contribution in [1.82, 2.24) is 0 Å². The first-order valence-corrected chi connectivity index (χ1v) is 12.3. The zero-order chi connectivity index (χ0) is 25.5. The second-order valence-electron chi connectivity index (χ2n) is 7.21. The molecular formula is C30H24Br2O3. The normalized spacial score (nSPS) is 9.80. The SMILES string of the molecule is CC(=O)c1ccccc1.O=C(/C=C/c1ccc(Br)cc1)c1ccccc1.O=Cc1ccc(Br)cc1. The topological polar surface area (TPSA) is 51.2 Å². The Labute approximate surface area is 222 Å². The number of benzene rings is 4. The van der Waals surface area contributed by atoms with Crippen molar-refractivity contribution in [1.29, 1.82) is 0 Å². The number of allylic oxidation sites excluding steroid dienone is 1. The lowest BCUT2D eigenvalue weighted by molar-refractivity contribution is 0.101. The number of ketones is 2. The van der Waals surface area contributed by atoms with Crippen LogP contribution in [0, 0.1) is 0 Å². The van der Waals surface area contributed by atoms with E-state index in [2.05, 4.69) is 31.9 Å². The van der Waals surface area contributed by atoms with Gasteiger partial charge in [0.05, 0.1) is 0 Å².